The molecule has 0 N–H and O–H groups in total. The molecule has 2 aromatic rings. The normalized spacial score (nSPS) is 13.0. The van der Waals surface area contributed by atoms with Crippen LogP contribution in [0.4, 0.5) is 0 Å². The van der Waals surface area contributed by atoms with E-state index >= 15 is 0 Å². The van der Waals surface area contributed by atoms with E-state index in [1.807, 2.05) is 25.2 Å². The molecule has 0 atom stereocenters. The highest BCUT2D eigenvalue weighted by Crippen LogP contribution is 2.22. The van der Waals surface area contributed by atoms with Crippen molar-refractivity contribution in [1.29, 1.82) is 5.26 Å². The molecule has 2 aromatic carbocycles. The molecule has 0 radical (unpaired) electrons. The largest absolute Gasteiger partial charge is 0.341 e. The Kier molecular flexibility index (Phi) is 4.96. The Morgan fingerprint density at radius 3 is 2.67 bits per heavy atom. The van der Waals surface area contributed by atoms with Gasteiger partial charge in [-0.05, 0) is 60.1 Å². The van der Waals surface area contributed by atoms with E-state index in [1.165, 1.54) is 30.4 Å². The minimum absolute atomic E-state index is 0.105. The summed E-state index contributed by atoms with van der Waals surface area (Å²) in [5.74, 6) is 0.105. The Bertz CT molecular complexity index is 789. The van der Waals surface area contributed by atoms with Crippen LogP contribution in [-0.2, 0) is 30.6 Å². The monoisotopic (exact) mass is 318 g/mol. The molecule has 1 aliphatic rings. The van der Waals surface area contributed by atoms with Crippen LogP contribution < -0.4 is 0 Å². The summed E-state index contributed by atoms with van der Waals surface area (Å²) in [4.78, 5) is 14.2. The van der Waals surface area contributed by atoms with Crippen LogP contribution in [0, 0.1) is 11.3 Å². The average molecular weight is 318 g/mol. The van der Waals surface area contributed by atoms with Gasteiger partial charge in [0.2, 0.25) is 5.91 Å². The Morgan fingerprint density at radius 2 is 1.88 bits per heavy atom. The van der Waals surface area contributed by atoms with E-state index in [2.05, 4.69) is 24.3 Å². The van der Waals surface area contributed by atoms with Crippen molar-refractivity contribution >= 4 is 5.91 Å². The van der Waals surface area contributed by atoms with Crippen LogP contribution in [0.25, 0.3) is 0 Å². The third-order valence-electron chi connectivity index (χ3n) is 4.67. The predicted octanol–water partition coefficient (Wildman–Crippen LogP) is 3.64. The zero-order chi connectivity index (χ0) is 16.9. The summed E-state index contributed by atoms with van der Waals surface area (Å²) in [5.41, 5.74) is 5.56. The summed E-state index contributed by atoms with van der Waals surface area (Å²) in [6.45, 7) is 0.527. The number of carbonyl (C=O) groups excluding carboxylic acids is 1. The van der Waals surface area contributed by atoms with Crippen LogP contribution in [-0.4, -0.2) is 17.9 Å². The van der Waals surface area contributed by atoms with E-state index in [-0.39, 0.29) is 5.91 Å². The Hall–Kier alpha value is -2.60. The van der Waals surface area contributed by atoms with E-state index < -0.39 is 0 Å². The highest BCUT2D eigenvalue weighted by atomic mass is 16.2. The van der Waals surface area contributed by atoms with Crippen LogP contribution in [0.1, 0.15) is 40.7 Å². The summed E-state index contributed by atoms with van der Waals surface area (Å²) < 4.78 is 0. The van der Waals surface area contributed by atoms with Gasteiger partial charge in [0.1, 0.15) is 0 Å². The molecular formula is C21H22N2O. The first kappa shape index (κ1) is 16.3. The number of hydrogen-bond donors (Lipinski definition) is 0. The lowest BCUT2D eigenvalue weighted by Crippen LogP contribution is -2.27. The van der Waals surface area contributed by atoms with Gasteiger partial charge in [0.05, 0.1) is 18.1 Å². The van der Waals surface area contributed by atoms with Gasteiger partial charge in [-0.15, -0.1) is 0 Å². The van der Waals surface area contributed by atoms with E-state index in [1.54, 1.807) is 11.0 Å². The fourth-order valence-corrected chi connectivity index (χ4v) is 3.31. The molecule has 0 aliphatic heterocycles. The molecule has 0 unspecified atom stereocenters. The lowest BCUT2D eigenvalue weighted by Gasteiger charge is -2.19. The average Bonchev–Trinajstić information content (AvgIpc) is 2.61. The van der Waals surface area contributed by atoms with Gasteiger partial charge in [0.15, 0.2) is 0 Å². The number of nitriles is 1. The molecule has 0 heterocycles. The van der Waals surface area contributed by atoms with Crippen LogP contribution in [0.15, 0.2) is 42.5 Å². The number of aryl methyl sites for hydroxylation is 2. The number of rotatable bonds is 4. The van der Waals surface area contributed by atoms with Gasteiger partial charge < -0.3 is 4.90 Å². The first-order chi connectivity index (χ1) is 11.7. The van der Waals surface area contributed by atoms with Crippen molar-refractivity contribution in [2.24, 2.45) is 0 Å². The molecule has 0 saturated carbocycles. The van der Waals surface area contributed by atoms with Crippen molar-refractivity contribution in [3.8, 4) is 6.07 Å². The number of carbonyl (C=O) groups is 1. The second kappa shape index (κ2) is 7.31. The van der Waals surface area contributed by atoms with E-state index in [0.29, 0.717) is 18.5 Å². The Balaban J connectivity index is 1.64. The number of nitrogens with zero attached hydrogens (tertiary/aromatic N) is 2. The minimum atomic E-state index is 0.105. The molecule has 0 aromatic heterocycles. The minimum Gasteiger partial charge on any atom is -0.341 e. The summed E-state index contributed by atoms with van der Waals surface area (Å²) >= 11 is 0. The SMILES string of the molecule is CN(Cc1cccc(C#N)c1)C(=O)Cc1ccc2c(c1)CCCC2. The van der Waals surface area contributed by atoms with E-state index in [4.69, 9.17) is 5.26 Å². The Morgan fingerprint density at radius 1 is 1.08 bits per heavy atom. The summed E-state index contributed by atoms with van der Waals surface area (Å²) in [5, 5.41) is 8.97. The first-order valence-electron chi connectivity index (χ1n) is 8.49. The van der Waals surface area contributed by atoms with Gasteiger partial charge >= 0.3 is 0 Å². The van der Waals surface area contributed by atoms with Crippen molar-refractivity contribution in [2.75, 3.05) is 7.05 Å². The second-order valence-corrected chi connectivity index (χ2v) is 6.55. The predicted molar refractivity (Wildman–Crippen MR) is 94.4 cm³/mol. The van der Waals surface area contributed by atoms with Gasteiger partial charge in [0, 0.05) is 13.6 Å². The molecule has 0 fully saturated rings. The third kappa shape index (κ3) is 3.83. The number of benzene rings is 2. The van der Waals surface area contributed by atoms with Crippen molar-refractivity contribution in [1.82, 2.24) is 4.90 Å². The van der Waals surface area contributed by atoms with Crippen LogP contribution in [0.3, 0.4) is 0 Å². The quantitative estimate of drug-likeness (QED) is 0.864. The first-order valence-corrected chi connectivity index (χ1v) is 8.49. The molecule has 24 heavy (non-hydrogen) atoms. The fraction of sp³-hybridized carbons (Fsp3) is 0.333. The lowest BCUT2D eigenvalue weighted by molar-refractivity contribution is -0.129. The zero-order valence-corrected chi connectivity index (χ0v) is 14.1. The molecule has 0 saturated heterocycles. The molecular weight excluding hydrogens is 296 g/mol. The number of hydrogen-bond acceptors (Lipinski definition) is 2. The molecule has 3 nitrogen and oxygen atoms in total. The molecule has 1 amide bonds. The number of amides is 1. The lowest BCUT2D eigenvalue weighted by atomic mass is 9.90. The van der Waals surface area contributed by atoms with Gasteiger partial charge in [-0.2, -0.15) is 5.26 Å². The van der Waals surface area contributed by atoms with Crippen molar-refractivity contribution in [3.05, 3.63) is 70.3 Å². The van der Waals surface area contributed by atoms with Crippen molar-refractivity contribution in [2.45, 2.75) is 38.6 Å². The highest BCUT2D eigenvalue weighted by molar-refractivity contribution is 5.78. The van der Waals surface area contributed by atoms with Crippen LogP contribution >= 0.6 is 0 Å². The third-order valence-corrected chi connectivity index (χ3v) is 4.67. The Labute approximate surface area is 143 Å². The van der Waals surface area contributed by atoms with E-state index in [0.717, 1.165) is 17.5 Å². The second-order valence-electron chi connectivity index (χ2n) is 6.55. The van der Waals surface area contributed by atoms with Gasteiger partial charge in [-0.3, -0.25) is 4.79 Å². The van der Waals surface area contributed by atoms with E-state index in [9.17, 15) is 4.79 Å². The van der Waals surface area contributed by atoms with Crippen LogP contribution in [0.2, 0.25) is 0 Å². The fourth-order valence-electron chi connectivity index (χ4n) is 3.31. The maximum atomic E-state index is 12.5. The molecule has 1 aliphatic carbocycles. The maximum absolute atomic E-state index is 12.5. The zero-order valence-electron chi connectivity index (χ0n) is 14.1. The molecule has 122 valence electrons. The highest BCUT2D eigenvalue weighted by Gasteiger charge is 2.14. The molecule has 3 heteroatoms. The van der Waals surface area contributed by atoms with Gasteiger partial charge in [-0.25, -0.2) is 0 Å². The maximum Gasteiger partial charge on any atom is 0.227 e. The summed E-state index contributed by atoms with van der Waals surface area (Å²) in [6.07, 6.45) is 5.25. The smallest absolute Gasteiger partial charge is 0.227 e. The van der Waals surface area contributed by atoms with Gasteiger partial charge in [-0.1, -0.05) is 30.3 Å². The van der Waals surface area contributed by atoms with Crippen molar-refractivity contribution < 1.29 is 4.79 Å². The summed E-state index contributed by atoms with van der Waals surface area (Å²) in [7, 11) is 1.82. The summed E-state index contributed by atoms with van der Waals surface area (Å²) in [6, 6.07) is 16.0. The van der Waals surface area contributed by atoms with Crippen LogP contribution in [0.5, 0.6) is 0 Å². The van der Waals surface area contributed by atoms with Crippen molar-refractivity contribution in [3.63, 3.8) is 0 Å². The number of fused-ring (bicyclic) bond motifs is 1. The number of likely N-dealkylation sites (N-methyl/N-ethyl adjacent to an activating group) is 1. The molecule has 0 bridgehead atoms. The topological polar surface area (TPSA) is 44.1 Å². The standard InChI is InChI=1S/C21H22N2O/c1-23(15-18-6-4-5-17(11-18)14-22)21(24)13-16-9-10-19-7-2-3-8-20(19)12-16/h4-6,9-12H,2-3,7-8,13,15H2,1H3. The molecule has 0 spiro atoms. The molecule has 3 rings (SSSR count). The van der Waals surface area contributed by atoms with Gasteiger partial charge in [0.25, 0.3) is 0 Å².